The van der Waals surface area contributed by atoms with Gasteiger partial charge in [0.05, 0.1) is 5.39 Å². The monoisotopic (exact) mass is 219 g/mol. The van der Waals surface area contributed by atoms with E-state index in [1.165, 1.54) is 0 Å². The van der Waals surface area contributed by atoms with Crippen LogP contribution in [0, 0.1) is 0 Å². The molecule has 15 heavy (non-hydrogen) atoms. The number of nitrogens with zero attached hydrogens (tertiary/aromatic N) is 2. The first-order valence-electron chi connectivity index (χ1n) is 4.87. The minimum Gasteiger partial charge on any atom is -0.367 e. The van der Waals surface area contributed by atoms with E-state index in [-0.39, 0.29) is 0 Å². The molecule has 3 nitrogen and oxygen atoms in total. The maximum absolute atomic E-state index is 4.25. The highest BCUT2D eigenvalue weighted by Gasteiger charge is 2.06. The molecule has 2 aromatic rings. The lowest BCUT2D eigenvalue weighted by molar-refractivity contribution is 0.809. The van der Waals surface area contributed by atoms with Gasteiger partial charge in [-0.05, 0) is 24.8 Å². The highest BCUT2D eigenvalue weighted by atomic mass is 32.1. The molecule has 0 aliphatic rings. The number of hydrogen-bond acceptors (Lipinski definition) is 4. The summed E-state index contributed by atoms with van der Waals surface area (Å²) in [6.45, 7) is 5.84. The summed E-state index contributed by atoms with van der Waals surface area (Å²) in [6, 6.07) is 2.39. The molecule has 0 aromatic carbocycles. The predicted molar refractivity (Wildman–Crippen MR) is 65.3 cm³/mol. The summed E-state index contributed by atoms with van der Waals surface area (Å²) in [7, 11) is 0. The highest BCUT2D eigenvalue weighted by Crippen LogP contribution is 2.24. The van der Waals surface area contributed by atoms with Crippen LogP contribution in [0.3, 0.4) is 0 Å². The lowest BCUT2D eigenvalue weighted by Crippen LogP contribution is -2.14. The van der Waals surface area contributed by atoms with Crippen molar-refractivity contribution in [3.8, 4) is 0 Å². The quantitative estimate of drug-likeness (QED) is 0.803. The molecular weight excluding hydrogens is 206 g/mol. The molecule has 0 spiro atoms. The standard InChI is InChI=1S/C11H13N3S/c1-3-4-8(2)14-10-9-5-6-15-11(9)13-7-12-10/h3,5-8H,1,4H2,2H3,(H,12,13,14). The molecule has 0 bridgehead atoms. The molecule has 0 aliphatic heterocycles. The van der Waals surface area contributed by atoms with Crippen molar-refractivity contribution in [3.63, 3.8) is 0 Å². The lowest BCUT2D eigenvalue weighted by Gasteiger charge is -2.12. The molecule has 2 rings (SSSR count). The van der Waals surface area contributed by atoms with Gasteiger partial charge in [0.25, 0.3) is 0 Å². The van der Waals surface area contributed by atoms with Crippen LogP contribution in [0.25, 0.3) is 10.2 Å². The summed E-state index contributed by atoms with van der Waals surface area (Å²) in [6.07, 6.45) is 4.43. The molecule has 0 aliphatic carbocycles. The normalized spacial score (nSPS) is 12.6. The zero-order chi connectivity index (χ0) is 10.7. The first-order valence-corrected chi connectivity index (χ1v) is 5.75. The second-order valence-electron chi connectivity index (χ2n) is 3.43. The summed E-state index contributed by atoms with van der Waals surface area (Å²) in [5.41, 5.74) is 0. The fourth-order valence-corrected chi connectivity index (χ4v) is 2.18. The van der Waals surface area contributed by atoms with Crippen LogP contribution < -0.4 is 5.32 Å². The van der Waals surface area contributed by atoms with Crippen molar-refractivity contribution in [2.45, 2.75) is 19.4 Å². The number of anilines is 1. The summed E-state index contributed by atoms with van der Waals surface area (Å²) < 4.78 is 0. The molecule has 0 saturated heterocycles. The van der Waals surface area contributed by atoms with Gasteiger partial charge in [0.15, 0.2) is 0 Å². The third-order valence-corrected chi connectivity index (χ3v) is 2.99. The molecule has 2 aromatic heterocycles. The molecule has 2 heterocycles. The Labute approximate surface area is 92.9 Å². The number of thiophene rings is 1. The van der Waals surface area contributed by atoms with Gasteiger partial charge in [-0.25, -0.2) is 9.97 Å². The Balaban J connectivity index is 2.27. The van der Waals surface area contributed by atoms with Crippen molar-refractivity contribution < 1.29 is 0 Å². The van der Waals surface area contributed by atoms with Gasteiger partial charge in [0, 0.05) is 6.04 Å². The molecule has 0 fully saturated rings. The minimum absolute atomic E-state index is 0.348. The van der Waals surface area contributed by atoms with Crippen LogP contribution in [0.2, 0.25) is 0 Å². The van der Waals surface area contributed by atoms with Gasteiger partial charge in [0.2, 0.25) is 0 Å². The Morgan fingerprint density at radius 2 is 2.47 bits per heavy atom. The topological polar surface area (TPSA) is 37.8 Å². The largest absolute Gasteiger partial charge is 0.367 e. The van der Waals surface area contributed by atoms with Crippen LogP contribution in [0.1, 0.15) is 13.3 Å². The van der Waals surface area contributed by atoms with Crippen LogP contribution in [0.4, 0.5) is 5.82 Å². The zero-order valence-corrected chi connectivity index (χ0v) is 9.42. The molecule has 0 saturated carbocycles. The van der Waals surface area contributed by atoms with Crippen molar-refractivity contribution in [2.24, 2.45) is 0 Å². The SMILES string of the molecule is C=CCC(C)Nc1ncnc2sccc12. The minimum atomic E-state index is 0.348. The molecule has 78 valence electrons. The number of nitrogens with one attached hydrogen (secondary N) is 1. The summed E-state index contributed by atoms with van der Waals surface area (Å²) >= 11 is 1.63. The second-order valence-corrected chi connectivity index (χ2v) is 4.33. The Morgan fingerprint density at radius 3 is 3.27 bits per heavy atom. The van der Waals surface area contributed by atoms with E-state index >= 15 is 0 Å². The smallest absolute Gasteiger partial charge is 0.138 e. The maximum atomic E-state index is 4.25. The molecule has 0 radical (unpaired) electrons. The molecule has 4 heteroatoms. The van der Waals surface area contributed by atoms with Gasteiger partial charge in [-0.15, -0.1) is 17.9 Å². The fourth-order valence-electron chi connectivity index (χ4n) is 1.45. The van der Waals surface area contributed by atoms with E-state index in [0.717, 1.165) is 22.5 Å². The average molecular weight is 219 g/mol. The maximum Gasteiger partial charge on any atom is 0.138 e. The van der Waals surface area contributed by atoms with E-state index in [1.54, 1.807) is 17.7 Å². The number of rotatable bonds is 4. The van der Waals surface area contributed by atoms with Gasteiger partial charge >= 0.3 is 0 Å². The van der Waals surface area contributed by atoms with Gasteiger partial charge < -0.3 is 5.32 Å². The van der Waals surface area contributed by atoms with Gasteiger partial charge in [-0.3, -0.25) is 0 Å². The van der Waals surface area contributed by atoms with Crippen LogP contribution in [-0.4, -0.2) is 16.0 Å². The molecule has 1 N–H and O–H groups in total. The van der Waals surface area contributed by atoms with E-state index in [2.05, 4.69) is 28.8 Å². The fraction of sp³-hybridized carbons (Fsp3) is 0.273. The van der Waals surface area contributed by atoms with Crippen molar-refractivity contribution in [1.82, 2.24) is 9.97 Å². The van der Waals surface area contributed by atoms with E-state index in [1.807, 2.05) is 17.5 Å². The Hall–Kier alpha value is -1.42. The third kappa shape index (κ3) is 2.15. The van der Waals surface area contributed by atoms with E-state index in [4.69, 9.17) is 0 Å². The lowest BCUT2D eigenvalue weighted by atomic mass is 10.2. The highest BCUT2D eigenvalue weighted by molar-refractivity contribution is 7.16. The molecular formula is C11H13N3S. The summed E-state index contributed by atoms with van der Waals surface area (Å²) in [5, 5.41) is 6.48. The predicted octanol–water partition coefficient (Wildman–Crippen LogP) is 3.07. The molecule has 0 amide bonds. The van der Waals surface area contributed by atoms with E-state index in [0.29, 0.717) is 6.04 Å². The average Bonchev–Trinajstić information content (AvgIpc) is 2.67. The summed E-state index contributed by atoms with van der Waals surface area (Å²) in [4.78, 5) is 9.48. The second kappa shape index (κ2) is 4.40. The van der Waals surface area contributed by atoms with Crippen molar-refractivity contribution in [2.75, 3.05) is 5.32 Å². The Morgan fingerprint density at radius 1 is 1.60 bits per heavy atom. The number of hydrogen-bond donors (Lipinski definition) is 1. The molecule has 1 unspecified atom stereocenters. The zero-order valence-electron chi connectivity index (χ0n) is 8.60. The van der Waals surface area contributed by atoms with Crippen molar-refractivity contribution >= 4 is 27.4 Å². The van der Waals surface area contributed by atoms with E-state index < -0.39 is 0 Å². The van der Waals surface area contributed by atoms with Crippen LogP contribution in [-0.2, 0) is 0 Å². The number of aromatic nitrogens is 2. The van der Waals surface area contributed by atoms with Crippen LogP contribution in [0.15, 0.2) is 30.4 Å². The third-order valence-electron chi connectivity index (χ3n) is 2.17. The van der Waals surface area contributed by atoms with Crippen molar-refractivity contribution in [1.29, 1.82) is 0 Å². The number of fused-ring (bicyclic) bond motifs is 1. The first-order chi connectivity index (χ1) is 7.31. The van der Waals surface area contributed by atoms with E-state index in [9.17, 15) is 0 Å². The van der Waals surface area contributed by atoms with Gasteiger partial charge in [-0.1, -0.05) is 6.08 Å². The first kappa shape index (κ1) is 10.1. The Bertz CT molecular complexity index is 464. The van der Waals surface area contributed by atoms with Crippen LogP contribution in [0.5, 0.6) is 0 Å². The van der Waals surface area contributed by atoms with Gasteiger partial charge in [0.1, 0.15) is 17.0 Å². The Kier molecular flexibility index (Phi) is 2.97. The van der Waals surface area contributed by atoms with Gasteiger partial charge in [-0.2, -0.15) is 0 Å². The van der Waals surface area contributed by atoms with Crippen LogP contribution >= 0.6 is 11.3 Å². The van der Waals surface area contributed by atoms with Crippen molar-refractivity contribution in [3.05, 3.63) is 30.4 Å². The summed E-state index contributed by atoms with van der Waals surface area (Å²) in [5.74, 6) is 0.913. The molecule has 1 atom stereocenters.